The van der Waals surface area contributed by atoms with E-state index in [1.807, 2.05) is 37.3 Å². The number of aliphatic hydroxyl groups is 1. The summed E-state index contributed by atoms with van der Waals surface area (Å²) in [6.45, 7) is 1.95. The molecular formula is C15H12ClNO2. The van der Waals surface area contributed by atoms with Gasteiger partial charge >= 0.3 is 0 Å². The van der Waals surface area contributed by atoms with Gasteiger partial charge in [-0.1, -0.05) is 12.1 Å². The third kappa shape index (κ3) is 2.35. The number of nitrogens with zero attached hydrogens (tertiary/aromatic N) is 1. The molecule has 0 aliphatic heterocycles. The standard InChI is InChI=1S/C15H12ClNO2/c1-9-2-3-10-8-11(4-5-12(10)17-9)15(18)13-6-7-14(16)19-13/h2-8,15,18H,1H3. The monoisotopic (exact) mass is 273 g/mol. The van der Waals surface area contributed by atoms with Crippen LogP contribution in [-0.2, 0) is 0 Å². The van der Waals surface area contributed by atoms with Gasteiger partial charge in [-0.25, -0.2) is 0 Å². The fourth-order valence-corrected chi connectivity index (χ4v) is 2.21. The van der Waals surface area contributed by atoms with Crippen molar-refractivity contribution in [2.75, 3.05) is 0 Å². The van der Waals surface area contributed by atoms with Gasteiger partial charge in [0.05, 0.1) is 5.52 Å². The van der Waals surface area contributed by atoms with Gasteiger partial charge in [-0.05, 0) is 54.4 Å². The molecule has 1 atom stereocenters. The van der Waals surface area contributed by atoms with Gasteiger partial charge in [0.2, 0.25) is 0 Å². The van der Waals surface area contributed by atoms with Crippen LogP contribution in [0.3, 0.4) is 0 Å². The normalized spacial score (nSPS) is 12.8. The molecule has 0 bridgehead atoms. The molecule has 3 rings (SSSR count). The van der Waals surface area contributed by atoms with Crippen molar-refractivity contribution in [2.24, 2.45) is 0 Å². The summed E-state index contributed by atoms with van der Waals surface area (Å²) in [6.07, 6.45) is -0.821. The molecule has 0 fully saturated rings. The molecule has 2 aromatic heterocycles. The van der Waals surface area contributed by atoms with E-state index in [9.17, 15) is 5.11 Å². The molecule has 96 valence electrons. The number of fused-ring (bicyclic) bond motifs is 1. The van der Waals surface area contributed by atoms with E-state index in [0.717, 1.165) is 22.2 Å². The van der Waals surface area contributed by atoms with Crippen LogP contribution in [0.5, 0.6) is 0 Å². The lowest BCUT2D eigenvalue weighted by Crippen LogP contribution is -1.98. The van der Waals surface area contributed by atoms with Crippen molar-refractivity contribution in [3.63, 3.8) is 0 Å². The number of furan rings is 1. The summed E-state index contributed by atoms with van der Waals surface area (Å²) < 4.78 is 5.23. The van der Waals surface area contributed by atoms with Crippen LogP contribution in [0.2, 0.25) is 5.22 Å². The van der Waals surface area contributed by atoms with Gasteiger partial charge in [0, 0.05) is 11.1 Å². The highest BCUT2D eigenvalue weighted by atomic mass is 35.5. The Morgan fingerprint density at radius 2 is 2.00 bits per heavy atom. The van der Waals surface area contributed by atoms with Crippen LogP contribution in [0, 0.1) is 6.92 Å². The van der Waals surface area contributed by atoms with Crippen molar-refractivity contribution in [1.82, 2.24) is 4.98 Å². The van der Waals surface area contributed by atoms with E-state index < -0.39 is 6.10 Å². The highest BCUT2D eigenvalue weighted by Crippen LogP contribution is 2.27. The summed E-state index contributed by atoms with van der Waals surface area (Å²) in [5.74, 6) is 0.435. The number of aryl methyl sites for hydroxylation is 1. The second-order valence-corrected chi connectivity index (χ2v) is 4.82. The van der Waals surface area contributed by atoms with E-state index in [-0.39, 0.29) is 5.22 Å². The average molecular weight is 274 g/mol. The maximum absolute atomic E-state index is 10.2. The summed E-state index contributed by atoms with van der Waals surface area (Å²) in [4.78, 5) is 4.43. The zero-order valence-electron chi connectivity index (χ0n) is 10.3. The molecule has 0 spiro atoms. The first-order chi connectivity index (χ1) is 9.13. The van der Waals surface area contributed by atoms with E-state index in [1.165, 1.54) is 0 Å². The first kappa shape index (κ1) is 12.2. The number of hydrogen-bond acceptors (Lipinski definition) is 3. The van der Waals surface area contributed by atoms with Crippen LogP contribution in [-0.4, -0.2) is 10.1 Å². The van der Waals surface area contributed by atoms with Gasteiger partial charge in [0.15, 0.2) is 5.22 Å². The van der Waals surface area contributed by atoms with Crippen molar-refractivity contribution in [1.29, 1.82) is 0 Å². The molecule has 0 aliphatic carbocycles. The topological polar surface area (TPSA) is 46.3 Å². The number of aliphatic hydroxyl groups excluding tert-OH is 1. The molecule has 0 saturated heterocycles. The molecule has 0 aliphatic rings. The second kappa shape index (κ2) is 4.68. The minimum absolute atomic E-state index is 0.270. The molecular weight excluding hydrogens is 262 g/mol. The summed E-state index contributed by atoms with van der Waals surface area (Å²) in [5.41, 5.74) is 2.64. The predicted molar refractivity (Wildman–Crippen MR) is 74.3 cm³/mol. The van der Waals surface area contributed by atoms with Gasteiger partial charge in [-0.3, -0.25) is 4.98 Å². The number of benzene rings is 1. The zero-order valence-corrected chi connectivity index (χ0v) is 11.1. The quantitative estimate of drug-likeness (QED) is 0.771. The largest absolute Gasteiger partial charge is 0.447 e. The molecule has 0 saturated carbocycles. The maximum atomic E-state index is 10.2. The van der Waals surface area contributed by atoms with Gasteiger partial charge in [0.25, 0.3) is 0 Å². The van der Waals surface area contributed by atoms with Crippen LogP contribution >= 0.6 is 11.6 Å². The number of pyridine rings is 1. The van der Waals surface area contributed by atoms with Gasteiger partial charge < -0.3 is 9.52 Å². The Kier molecular flexibility index (Phi) is 3.01. The third-order valence-electron chi connectivity index (χ3n) is 3.03. The molecule has 2 heterocycles. The van der Waals surface area contributed by atoms with Gasteiger partial charge in [-0.15, -0.1) is 0 Å². The van der Waals surface area contributed by atoms with Crippen molar-refractivity contribution in [2.45, 2.75) is 13.0 Å². The Morgan fingerprint density at radius 1 is 1.16 bits per heavy atom. The predicted octanol–water partition coefficient (Wildman–Crippen LogP) is 3.87. The summed E-state index contributed by atoms with van der Waals surface area (Å²) in [7, 11) is 0. The van der Waals surface area contributed by atoms with Crippen molar-refractivity contribution >= 4 is 22.5 Å². The maximum Gasteiger partial charge on any atom is 0.193 e. The van der Waals surface area contributed by atoms with E-state index in [2.05, 4.69) is 4.98 Å². The van der Waals surface area contributed by atoms with Crippen LogP contribution in [0.1, 0.15) is 23.1 Å². The Bertz CT molecular complexity index is 736. The second-order valence-electron chi connectivity index (χ2n) is 4.45. The zero-order chi connectivity index (χ0) is 13.4. The third-order valence-corrected chi connectivity index (χ3v) is 3.23. The van der Waals surface area contributed by atoms with E-state index in [0.29, 0.717) is 5.76 Å². The molecule has 1 N–H and O–H groups in total. The van der Waals surface area contributed by atoms with Crippen molar-refractivity contribution in [3.05, 3.63) is 64.7 Å². The summed E-state index contributed by atoms with van der Waals surface area (Å²) >= 11 is 5.72. The highest BCUT2D eigenvalue weighted by Gasteiger charge is 2.15. The number of rotatable bonds is 2. The van der Waals surface area contributed by atoms with Crippen LogP contribution in [0.15, 0.2) is 46.9 Å². The molecule has 1 unspecified atom stereocenters. The minimum atomic E-state index is -0.821. The van der Waals surface area contributed by atoms with E-state index >= 15 is 0 Å². The first-order valence-corrected chi connectivity index (χ1v) is 6.32. The Balaban J connectivity index is 2.03. The average Bonchev–Trinajstić information content (AvgIpc) is 2.84. The van der Waals surface area contributed by atoms with Gasteiger partial charge in [-0.2, -0.15) is 0 Å². The Hall–Kier alpha value is -1.84. The molecule has 3 nitrogen and oxygen atoms in total. The Labute approximate surface area is 115 Å². The lowest BCUT2D eigenvalue weighted by Gasteiger charge is -2.09. The summed E-state index contributed by atoms with van der Waals surface area (Å²) in [5, 5.41) is 11.5. The number of aromatic nitrogens is 1. The van der Waals surface area contributed by atoms with E-state index in [4.69, 9.17) is 16.0 Å². The molecule has 4 heteroatoms. The molecule has 1 aromatic carbocycles. The number of hydrogen-bond donors (Lipinski definition) is 1. The molecule has 3 aromatic rings. The molecule has 0 amide bonds. The Morgan fingerprint density at radius 3 is 2.74 bits per heavy atom. The van der Waals surface area contributed by atoms with Crippen LogP contribution in [0.25, 0.3) is 10.9 Å². The van der Waals surface area contributed by atoms with E-state index in [1.54, 1.807) is 12.1 Å². The molecule has 0 radical (unpaired) electrons. The fraction of sp³-hybridized carbons (Fsp3) is 0.133. The van der Waals surface area contributed by atoms with Crippen molar-refractivity contribution in [3.8, 4) is 0 Å². The smallest absolute Gasteiger partial charge is 0.193 e. The van der Waals surface area contributed by atoms with Crippen LogP contribution < -0.4 is 0 Å². The lowest BCUT2D eigenvalue weighted by atomic mass is 10.0. The fourth-order valence-electron chi connectivity index (χ4n) is 2.06. The first-order valence-electron chi connectivity index (χ1n) is 5.94. The van der Waals surface area contributed by atoms with Crippen molar-refractivity contribution < 1.29 is 9.52 Å². The van der Waals surface area contributed by atoms with Gasteiger partial charge in [0.1, 0.15) is 11.9 Å². The highest BCUT2D eigenvalue weighted by molar-refractivity contribution is 6.28. The SMILES string of the molecule is Cc1ccc2cc(C(O)c3ccc(Cl)o3)ccc2n1. The molecule has 19 heavy (non-hydrogen) atoms. The summed E-state index contributed by atoms with van der Waals surface area (Å²) in [6, 6.07) is 12.9. The minimum Gasteiger partial charge on any atom is -0.447 e. The number of halogens is 1. The lowest BCUT2D eigenvalue weighted by molar-refractivity contribution is 0.189. The van der Waals surface area contributed by atoms with Crippen LogP contribution in [0.4, 0.5) is 0 Å².